The molecule has 1 aromatic rings. The van der Waals surface area contributed by atoms with Gasteiger partial charge >= 0.3 is 0 Å². The molecule has 0 aliphatic carbocycles. The summed E-state index contributed by atoms with van der Waals surface area (Å²) in [5.74, 6) is 0. The van der Waals surface area contributed by atoms with Gasteiger partial charge in [0.25, 0.3) is 5.69 Å². The average Bonchev–Trinajstić information content (AvgIpc) is 2.16. The van der Waals surface area contributed by atoms with Crippen LogP contribution in [0.4, 0.5) is 10.1 Å². The number of para-hydroxylation sites is 1. The van der Waals surface area contributed by atoms with Gasteiger partial charge in [0.2, 0.25) is 0 Å². The lowest BCUT2D eigenvalue weighted by molar-refractivity contribution is -0.386. The van der Waals surface area contributed by atoms with Crippen LogP contribution in [0.5, 0.6) is 0 Å². The van der Waals surface area contributed by atoms with Gasteiger partial charge < -0.3 is 5.73 Å². The Morgan fingerprint density at radius 3 is 2.69 bits per heavy atom. The zero-order valence-electron chi connectivity index (χ0n) is 6.81. The van der Waals surface area contributed by atoms with Crippen LogP contribution in [-0.2, 0) is 0 Å². The van der Waals surface area contributed by atoms with E-state index in [1.807, 2.05) is 0 Å². The van der Waals surface area contributed by atoms with Crippen molar-refractivity contribution in [1.29, 1.82) is 0 Å². The Morgan fingerprint density at radius 1 is 1.54 bits per heavy atom. The van der Waals surface area contributed by atoms with Crippen molar-refractivity contribution in [3.8, 4) is 0 Å². The molecule has 0 spiro atoms. The topological polar surface area (TPSA) is 69.2 Å². The lowest BCUT2D eigenvalue weighted by Gasteiger charge is -2.04. The van der Waals surface area contributed by atoms with Crippen molar-refractivity contribution in [1.82, 2.24) is 0 Å². The summed E-state index contributed by atoms with van der Waals surface area (Å²) in [5.41, 5.74) is 4.89. The molecule has 0 saturated carbocycles. The SMILES string of the molecule is NCC(F)c1ccccc1[N+](=O)[O-]. The van der Waals surface area contributed by atoms with Crippen molar-refractivity contribution >= 4 is 5.69 Å². The van der Waals surface area contributed by atoms with Gasteiger partial charge in [-0.1, -0.05) is 12.1 Å². The largest absolute Gasteiger partial charge is 0.327 e. The minimum absolute atomic E-state index is 0.0370. The van der Waals surface area contributed by atoms with Crippen LogP contribution in [0, 0.1) is 10.1 Å². The summed E-state index contributed by atoms with van der Waals surface area (Å²) < 4.78 is 13.1. The van der Waals surface area contributed by atoms with Crippen molar-refractivity contribution in [2.24, 2.45) is 5.73 Å². The van der Waals surface area contributed by atoms with Crippen LogP contribution in [-0.4, -0.2) is 11.5 Å². The molecule has 0 heterocycles. The van der Waals surface area contributed by atoms with E-state index in [2.05, 4.69) is 0 Å². The predicted molar refractivity (Wildman–Crippen MR) is 46.0 cm³/mol. The molecule has 0 saturated heterocycles. The Kier molecular flexibility index (Phi) is 2.92. The number of nitrogens with two attached hydrogens (primary N) is 1. The first-order valence-corrected chi connectivity index (χ1v) is 3.74. The van der Waals surface area contributed by atoms with Crippen LogP contribution in [0.15, 0.2) is 24.3 Å². The van der Waals surface area contributed by atoms with Crippen molar-refractivity contribution in [2.75, 3.05) is 6.54 Å². The number of nitro groups is 1. The quantitative estimate of drug-likeness (QED) is 0.572. The van der Waals surface area contributed by atoms with Gasteiger partial charge in [-0.2, -0.15) is 0 Å². The summed E-state index contributed by atoms with van der Waals surface area (Å²) in [6, 6.07) is 5.67. The highest BCUT2D eigenvalue weighted by molar-refractivity contribution is 5.41. The van der Waals surface area contributed by atoms with Gasteiger partial charge in [0, 0.05) is 12.6 Å². The molecule has 1 unspecified atom stereocenters. The van der Waals surface area contributed by atoms with Gasteiger partial charge in [0.05, 0.1) is 10.5 Å². The van der Waals surface area contributed by atoms with Crippen molar-refractivity contribution in [2.45, 2.75) is 6.17 Å². The van der Waals surface area contributed by atoms with Gasteiger partial charge in [-0.05, 0) is 6.07 Å². The van der Waals surface area contributed by atoms with Gasteiger partial charge in [-0.15, -0.1) is 0 Å². The highest BCUT2D eigenvalue weighted by Crippen LogP contribution is 2.26. The fourth-order valence-corrected chi connectivity index (χ4v) is 1.05. The van der Waals surface area contributed by atoms with Gasteiger partial charge in [-0.3, -0.25) is 10.1 Å². The second-order valence-electron chi connectivity index (χ2n) is 2.52. The van der Waals surface area contributed by atoms with E-state index in [1.165, 1.54) is 18.2 Å². The summed E-state index contributed by atoms with van der Waals surface area (Å²) in [6.07, 6.45) is -1.47. The van der Waals surface area contributed by atoms with Crippen LogP contribution < -0.4 is 5.73 Å². The second-order valence-corrected chi connectivity index (χ2v) is 2.52. The molecular weight excluding hydrogens is 175 g/mol. The van der Waals surface area contributed by atoms with E-state index in [4.69, 9.17) is 5.73 Å². The molecule has 1 atom stereocenters. The zero-order valence-corrected chi connectivity index (χ0v) is 6.81. The van der Waals surface area contributed by atoms with E-state index in [0.717, 1.165) is 0 Å². The third-order valence-electron chi connectivity index (χ3n) is 1.68. The Morgan fingerprint density at radius 2 is 2.15 bits per heavy atom. The number of nitrogens with zero attached hydrogens (tertiary/aromatic N) is 1. The number of rotatable bonds is 3. The normalized spacial score (nSPS) is 12.5. The van der Waals surface area contributed by atoms with Crippen LogP contribution in [0.3, 0.4) is 0 Å². The number of hydrogen-bond donors (Lipinski definition) is 1. The molecule has 0 amide bonds. The molecule has 4 nitrogen and oxygen atoms in total. The highest BCUT2D eigenvalue weighted by atomic mass is 19.1. The maximum absolute atomic E-state index is 13.1. The molecule has 13 heavy (non-hydrogen) atoms. The van der Waals surface area contributed by atoms with Crippen LogP contribution in [0.2, 0.25) is 0 Å². The van der Waals surface area contributed by atoms with Crippen molar-refractivity contribution in [3.05, 3.63) is 39.9 Å². The number of alkyl halides is 1. The fourth-order valence-electron chi connectivity index (χ4n) is 1.05. The molecule has 0 aliphatic rings. The van der Waals surface area contributed by atoms with E-state index in [0.29, 0.717) is 0 Å². The monoisotopic (exact) mass is 184 g/mol. The molecule has 0 radical (unpaired) electrons. The molecule has 0 aromatic heterocycles. The summed E-state index contributed by atoms with van der Waals surface area (Å²) in [7, 11) is 0. The zero-order chi connectivity index (χ0) is 9.84. The standard InChI is InChI=1S/C8H9FN2O2/c9-7(5-10)6-3-1-2-4-8(6)11(12)13/h1-4,7H,5,10H2. The summed E-state index contributed by atoms with van der Waals surface area (Å²) >= 11 is 0. The molecule has 0 fully saturated rings. The molecule has 1 aromatic carbocycles. The smallest absolute Gasteiger partial charge is 0.275 e. The Bertz CT molecular complexity index is 317. The lowest BCUT2D eigenvalue weighted by atomic mass is 10.1. The number of halogens is 1. The average molecular weight is 184 g/mol. The maximum atomic E-state index is 13.1. The molecule has 5 heteroatoms. The third-order valence-corrected chi connectivity index (χ3v) is 1.68. The minimum Gasteiger partial charge on any atom is -0.327 e. The number of nitro benzene ring substituents is 1. The molecule has 70 valence electrons. The first-order chi connectivity index (χ1) is 6.16. The molecule has 1 rings (SSSR count). The molecule has 0 bridgehead atoms. The summed E-state index contributed by atoms with van der Waals surface area (Å²) in [4.78, 5) is 9.83. The first kappa shape index (κ1) is 9.60. The Hall–Kier alpha value is -1.49. The maximum Gasteiger partial charge on any atom is 0.275 e. The minimum atomic E-state index is -1.47. The number of benzene rings is 1. The third kappa shape index (κ3) is 2.00. The molecule has 2 N–H and O–H groups in total. The van der Waals surface area contributed by atoms with Crippen LogP contribution in [0.1, 0.15) is 11.7 Å². The fraction of sp³-hybridized carbons (Fsp3) is 0.250. The van der Waals surface area contributed by atoms with E-state index in [9.17, 15) is 14.5 Å². The van der Waals surface area contributed by atoms with Crippen LogP contribution >= 0.6 is 0 Å². The Balaban J connectivity index is 3.11. The Labute approximate surface area is 74.3 Å². The lowest BCUT2D eigenvalue weighted by Crippen LogP contribution is -2.09. The molecular formula is C8H9FN2O2. The van der Waals surface area contributed by atoms with E-state index >= 15 is 0 Å². The summed E-state index contributed by atoms with van der Waals surface area (Å²) in [5, 5.41) is 10.4. The van der Waals surface area contributed by atoms with E-state index in [-0.39, 0.29) is 17.8 Å². The first-order valence-electron chi connectivity index (χ1n) is 3.74. The van der Waals surface area contributed by atoms with Crippen molar-refractivity contribution < 1.29 is 9.31 Å². The second kappa shape index (κ2) is 3.95. The van der Waals surface area contributed by atoms with Crippen molar-refractivity contribution in [3.63, 3.8) is 0 Å². The summed E-state index contributed by atoms with van der Waals surface area (Å²) in [6.45, 7) is -0.245. The van der Waals surface area contributed by atoms with Gasteiger partial charge in [0.15, 0.2) is 0 Å². The van der Waals surface area contributed by atoms with E-state index in [1.54, 1.807) is 6.07 Å². The van der Waals surface area contributed by atoms with E-state index < -0.39 is 11.1 Å². The molecule has 0 aliphatic heterocycles. The number of hydrogen-bond acceptors (Lipinski definition) is 3. The van der Waals surface area contributed by atoms with Gasteiger partial charge in [0.1, 0.15) is 6.17 Å². The predicted octanol–water partition coefficient (Wildman–Crippen LogP) is 1.56. The highest BCUT2D eigenvalue weighted by Gasteiger charge is 2.19. The van der Waals surface area contributed by atoms with Gasteiger partial charge in [-0.25, -0.2) is 4.39 Å². The van der Waals surface area contributed by atoms with Crippen LogP contribution in [0.25, 0.3) is 0 Å².